The molecule has 3 rings (SSSR count). The van der Waals surface area contributed by atoms with E-state index >= 15 is 0 Å². The van der Waals surface area contributed by atoms with Crippen molar-refractivity contribution in [2.24, 2.45) is 7.05 Å². The summed E-state index contributed by atoms with van der Waals surface area (Å²) in [5.41, 5.74) is 1.78. The number of anilines is 1. The van der Waals surface area contributed by atoms with Gasteiger partial charge in [0.15, 0.2) is 0 Å². The second-order valence-corrected chi connectivity index (χ2v) is 5.08. The number of benzene rings is 1. The average Bonchev–Trinajstić information content (AvgIpc) is 2.83. The summed E-state index contributed by atoms with van der Waals surface area (Å²) in [4.78, 5) is 16.2. The van der Waals surface area contributed by atoms with Crippen LogP contribution < -0.4 is 10.1 Å². The van der Waals surface area contributed by atoms with Crippen molar-refractivity contribution in [1.82, 2.24) is 14.8 Å². The van der Waals surface area contributed by atoms with Gasteiger partial charge in [0.2, 0.25) is 5.88 Å². The molecular formula is C15H13ClN4O2. The quantitative estimate of drug-likeness (QED) is 0.754. The summed E-state index contributed by atoms with van der Waals surface area (Å²) in [6.45, 7) is 0. The van der Waals surface area contributed by atoms with Gasteiger partial charge in [-0.05, 0) is 30.3 Å². The fourth-order valence-corrected chi connectivity index (χ4v) is 2.32. The number of halogens is 1. The standard InChI is InChI=1S/C15H13ClN4O2/c1-20-15(22-2)11-5-3-9(7-12(11)19-20)14(21)18-10-4-6-13(16)17-8-10/h3-8H,1-2H3,(H,18,21). The summed E-state index contributed by atoms with van der Waals surface area (Å²) in [5, 5.41) is 8.32. The predicted molar refractivity (Wildman–Crippen MR) is 84.5 cm³/mol. The van der Waals surface area contributed by atoms with E-state index in [-0.39, 0.29) is 5.91 Å². The number of amides is 1. The van der Waals surface area contributed by atoms with Crippen molar-refractivity contribution < 1.29 is 9.53 Å². The minimum absolute atomic E-state index is 0.240. The number of aryl methyl sites for hydroxylation is 1. The summed E-state index contributed by atoms with van der Waals surface area (Å²) in [7, 11) is 3.38. The van der Waals surface area contributed by atoms with E-state index in [1.54, 1.807) is 43.1 Å². The van der Waals surface area contributed by atoms with E-state index in [2.05, 4.69) is 15.4 Å². The lowest BCUT2D eigenvalue weighted by Gasteiger charge is -2.05. The summed E-state index contributed by atoms with van der Waals surface area (Å²) < 4.78 is 6.92. The summed E-state index contributed by atoms with van der Waals surface area (Å²) in [5.74, 6) is 0.416. The zero-order chi connectivity index (χ0) is 15.7. The number of methoxy groups -OCH3 is 1. The van der Waals surface area contributed by atoms with Gasteiger partial charge in [0.1, 0.15) is 5.15 Å². The number of carbonyl (C=O) groups is 1. The molecular weight excluding hydrogens is 304 g/mol. The van der Waals surface area contributed by atoms with Gasteiger partial charge in [0, 0.05) is 12.6 Å². The summed E-state index contributed by atoms with van der Waals surface area (Å²) in [6.07, 6.45) is 1.50. The van der Waals surface area contributed by atoms with Crippen LogP contribution in [0.15, 0.2) is 36.5 Å². The number of pyridine rings is 1. The molecule has 2 heterocycles. The minimum atomic E-state index is -0.240. The normalized spacial score (nSPS) is 10.7. The highest BCUT2D eigenvalue weighted by Gasteiger charge is 2.13. The maximum Gasteiger partial charge on any atom is 0.255 e. The first-order valence-electron chi connectivity index (χ1n) is 6.52. The molecule has 0 bridgehead atoms. The Morgan fingerprint density at radius 1 is 1.32 bits per heavy atom. The van der Waals surface area contributed by atoms with Gasteiger partial charge in [-0.2, -0.15) is 5.10 Å². The van der Waals surface area contributed by atoms with Crippen molar-refractivity contribution in [1.29, 1.82) is 0 Å². The van der Waals surface area contributed by atoms with Crippen molar-refractivity contribution in [3.05, 3.63) is 47.2 Å². The number of nitrogens with one attached hydrogen (secondary N) is 1. The largest absolute Gasteiger partial charge is 0.481 e. The molecule has 3 aromatic rings. The third kappa shape index (κ3) is 2.60. The Kier molecular flexibility index (Phi) is 3.68. The zero-order valence-electron chi connectivity index (χ0n) is 12.0. The molecule has 2 aromatic heterocycles. The SMILES string of the molecule is COc1c2ccc(C(=O)Nc3ccc(Cl)nc3)cc2nn1C. The van der Waals surface area contributed by atoms with Gasteiger partial charge in [-0.1, -0.05) is 11.6 Å². The Balaban J connectivity index is 1.89. The molecule has 0 saturated heterocycles. The number of hydrogen-bond acceptors (Lipinski definition) is 4. The Hall–Kier alpha value is -2.60. The van der Waals surface area contributed by atoms with Gasteiger partial charge in [-0.15, -0.1) is 0 Å². The van der Waals surface area contributed by atoms with Crippen LogP contribution in [0.25, 0.3) is 10.9 Å². The van der Waals surface area contributed by atoms with Crippen molar-refractivity contribution in [3.63, 3.8) is 0 Å². The van der Waals surface area contributed by atoms with Gasteiger partial charge < -0.3 is 10.1 Å². The lowest BCUT2D eigenvalue weighted by atomic mass is 10.1. The van der Waals surface area contributed by atoms with Crippen LogP contribution in [0.4, 0.5) is 5.69 Å². The molecule has 0 unspecified atom stereocenters. The van der Waals surface area contributed by atoms with Crippen molar-refractivity contribution >= 4 is 34.1 Å². The van der Waals surface area contributed by atoms with Crippen LogP contribution in [0, 0.1) is 0 Å². The third-order valence-electron chi connectivity index (χ3n) is 3.22. The minimum Gasteiger partial charge on any atom is -0.481 e. The topological polar surface area (TPSA) is 69.0 Å². The van der Waals surface area contributed by atoms with E-state index in [1.165, 1.54) is 6.20 Å². The number of carbonyl (C=O) groups excluding carboxylic acids is 1. The van der Waals surface area contributed by atoms with E-state index in [0.717, 1.165) is 5.39 Å². The molecule has 0 aliphatic carbocycles. The Morgan fingerprint density at radius 3 is 2.82 bits per heavy atom. The molecule has 1 amide bonds. The van der Waals surface area contributed by atoms with Gasteiger partial charge >= 0.3 is 0 Å². The van der Waals surface area contributed by atoms with Crippen LogP contribution in [-0.4, -0.2) is 27.8 Å². The van der Waals surface area contributed by atoms with Crippen LogP contribution in [0.1, 0.15) is 10.4 Å². The highest BCUT2D eigenvalue weighted by molar-refractivity contribution is 6.29. The zero-order valence-corrected chi connectivity index (χ0v) is 12.8. The molecule has 1 aromatic carbocycles. The van der Waals surface area contributed by atoms with Crippen molar-refractivity contribution in [2.75, 3.05) is 12.4 Å². The highest BCUT2D eigenvalue weighted by atomic mass is 35.5. The van der Waals surface area contributed by atoms with Crippen LogP contribution in [0.2, 0.25) is 5.15 Å². The maximum atomic E-state index is 12.3. The number of fused-ring (bicyclic) bond motifs is 1. The maximum absolute atomic E-state index is 12.3. The van der Waals surface area contributed by atoms with Gasteiger partial charge in [-0.25, -0.2) is 9.67 Å². The van der Waals surface area contributed by atoms with Crippen LogP contribution in [0.3, 0.4) is 0 Å². The van der Waals surface area contributed by atoms with E-state index in [4.69, 9.17) is 16.3 Å². The smallest absolute Gasteiger partial charge is 0.255 e. The third-order valence-corrected chi connectivity index (χ3v) is 3.44. The molecule has 22 heavy (non-hydrogen) atoms. The lowest BCUT2D eigenvalue weighted by molar-refractivity contribution is 0.102. The lowest BCUT2D eigenvalue weighted by Crippen LogP contribution is -2.11. The van der Waals surface area contributed by atoms with Crippen LogP contribution in [0.5, 0.6) is 5.88 Å². The highest BCUT2D eigenvalue weighted by Crippen LogP contribution is 2.25. The van der Waals surface area contributed by atoms with E-state index < -0.39 is 0 Å². The molecule has 1 N–H and O–H groups in total. The molecule has 0 fully saturated rings. The fraction of sp³-hybridized carbons (Fsp3) is 0.133. The number of ether oxygens (including phenoxy) is 1. The molecule has 0 aliphatic heterocycles. The Labute approximate surface area is 131 Å². The van der Waals surface area contributed by atoms with E-state index in [1.807, 2.05) is 6.07 Å². The molecule has 0 spiro atoms. The Morgan fingerprint density at radius 2 is 2.14 bits per heavy atom. The molecule has 0 atom stereocenters. The van der Waals surface area contributed by atoms with Crippen molar-refractivity contribution in [3.8, 4) is 5.88 Å². The van der Waals surface area contributed by atoms with Crippen LogP contribution >= 0.6 is 11.6 Å². The Bertz CT molecular complexity index is 843. The van der Waals surface area contributed by atoms with E-state index in [9.17, 15) is 4.79 Å². The first kappa shape index (κ1) is 14.3. The molecule has 112 valence electrons. The molecule has 0 aliphatic rings. The number of aromatic nitrogens is 3. The van der Waals surface area contributed by atoms with Crippen molar-refractivity contribution in [2.45, 2.75) is 0 Å². The first-order chi connectivity index (χ1) is 10.6. The van der Waals surface area contributed by atoms with E-state index in [0.29, 0.717) is 27.8 Å². The summed E-state index contributed by atoms with van der Waals surface area (Å²) in [6, 6.07) is 8.57. The van der Waals surface area contributed by atoms with Crippen LogP contribution in [-0.2, 0) is 7.05 Å². The summed E-state index contributed by atoms with van der Waals surface area (Å²) >= 11 is 5.72. The first-order valence-corrected chi connectivity index (χ1v) is 6.90. The second-order valence-electron chi connectivity index (χ2n) is 4.69. The average molecular weight is 317 g/mol. The molecule has 0 saturated carbocycles. The molecule has 0 radical (unpaired) electrons. The molecule has 7 heteroatoms. The predicted octanol–water partition coefficient (Wildman–Crippen LogP) is 2.88. The fourth-order valence-electron chi connectivity index (χ4n) is 2.21. The second kappa shape index (κ2) is 5.65. The number of nitrogens with zero attached hydrogens (tertiary/aromatic N) is 3. The van der Waals surface area contributed by atoms with Gasteiger partial charge in [0.05, 0.1) is 29.9 Å². The number of hydrogen-bond donors (Lipinski definition) is 1. The van der Waals surface area contributed by atoms with Gasteiger partial charge in [-0.3, -0.25) is 4.79 Å². The van der Waals surface area contributed by atoms with Gasteiger partial charge in [0.25, 0.3) is 5.91 Å². The monoisotopic (exact) mass is 316 g/mol. The molecule has 6 nitrogen and oxygen atoms in total. The number of rotatable bonds is 3.